The van der Waals surface area contributed by atoms with Crippen LogP contribution in [-0.4, -0.2) is 11.8 Å². The third kappa shape index (κ3) is 3.70. The average Bonchev–Trinajstić information content (AvgIpc) is 2.69. The molecule has 0 radical (unpaired) electrons. The molecule has 0 heterocycles. The highest BCUT2D eigenvalue weighted by molar-refractivity contribution is 5.92. The van der Waals surface area contributed by atoms with E-state index in [1.54, 1.807) is 24.3 Å². The van der Waals surface area contributed by atoms with E-state index in [-0.39, 0.29) is 23.1 Å². The summed E-state index contributed by atoms with van der Waals surface area (Å²) in [5.74, 6) is 1.82. The summed E-state index contributed by atoms with van der Waals surface area (Å²) in [6.45, 7) is 0. The highest BCUT2D eigenvalue weighted by Gasteiger charge is 2.55. The van der Waals surface area contributed by atoms with Crippen molar-refractivity contribution in [2.24, 2.45) is 23.2 Å². The molecule has 29 heavy (non-hydrogen) atoms. The molecule has 0 aliphatic heterocycles. The first-order chi connectivity index (χ1) is 14.0. The van der Waals surface area contributed by atoms with Crippen molar-refractivity contribution in [2.75, 3.05) is 5.32 Å². The molecule has 0 amide bonds. The van der Waals surface area contributed by atoms with E-state index in [9.17, 15) is 13.6 Å². The molecular weight excluding hydrogens is 368 g/mol. The Bertz CT molecular complexity index is 807. The van der Waals surface area contributed by atoms with Gasteiger partial charge in [-0.3, -0.25) is 4.79 Å². The molecule has 4 heteroatoms. The number of Topliss-reactive ketones (excluding diaryl/α,β-unsaturated/α-hetero) is 1. The molecule has 4 fully saturated rings. The van der Waals surface area contributed by atoms with Crippen molar-refractivity contribution in [1.29, 1.82) is 0 Å². The predicted octanol–water partition coefficient (Wildman–Crippen LogP) is 5.77. The highest BCUT2D eigenvalue weighted by atomic mass is 19.1. The van der Waals surface area contributed by atoms with E-state index in [0.29, 0.717) is 30.0 Å². The Hall–Kier alpha value is -2.23. The molecule has 152 valence electrons. The molecule has 2 aromatic carbocycles. The summed E-state index contributed by atoms with van der Waals surface area (Å²) in [6, 6.07) is 12.2. The lowest BCUT2D eigenvalue weighted by atomic mass is 9.48. The summed E-state index contributed by atoms with van der Waals surface area (Å²) >= 11 is 0. The van der Waals surface area contributed by atoms with Gasteiger partial charge in [0.25, 0.3) is 0 Å². The average molecular weight is 395 g/mol. The second-order valence-corrected chi connectivity index (χ2v) is 9.60. The van der Waals surface area contributed by atoms with Gasteiger partial charge in [-0.1, -0.05) is 12.1 Å². The van der Waals surface area contributed by atoms with Gasteiger partial charge in [0.15, 0.2) is 5.78 Å². The normalized spacial score (nSPS) is 30.9. The van der Waals surface area contributed by atoms with Gasteiger partial charge in [-0.25, -0.2) is 8.78 Å². The Labute approximate surface area is 170 Å². The number of hydrogen-bond acceptors (Lipinski definition) is 2. The molecule has 0 aromatic heterocycles. The number of rotatable bonds is 6. The van der Waals surface area contributed by atoms with Gasteiger partial charge >= 0.3 is 0 Å². The molecule has 2 nitrogen and oxygen atoms in total. The summed E-state index contributed by atoms with van der Waals surface area (Å²) in [7, 11) is 0. The fraction of sp³-hybridized carbons (Fsp3) is 0.480. The maximum atomic E-state index is 13.9. The van der Waals surface area contributed by atoms with E-state index in [4.69, 9.17) is 0 Å². The Morgan fingerprint density at radius 2 is 1.34 bits per heavy atom. The van der Waals surface area contributed by atoms with E-state index in [1.165, 1.54) is 43.5 Å². The summed E-state index contributed by atoms with van der Waals surface area (Å²) < 4.78 is 26.7. The van der Waals surface area contributed by atoms with Crippen molar-refractivity contribution in [3.63, 3.8) is 0 Å². The van der Waals surface area contributed by atoms with E-state index in [1.807, 2.05) is 0 Å². The lowest BCUT2D eigenvalue weighted by molar-refractivity contribution is -0.144. The standard InChI is InChI=1S/C25H27F2NO/c26-20-3-1-16(2-4-20)12-23(28-22-7-5-21(27)6-8-22)24(29)25-13-17-9-18(14-25)11-19(10-17)15-25/h1-8,17-19,23,28H,9-15H2/t17?,18?,19?,23-,25?/m1/s1. The van der Waals surface area contributed by atoms with E-state index < -0.39 is 0 Å². The topological polar surface area (TPSA) is 29.1 Å². The molecule has 4 bridgehead atoms. The minimum Gasteiger partial charge on any atom is -0.375 e. The molecule has 2 aromatic rings. The van der Waals surface area contributed by atoms with E-state index in [2.05, 4.69) is 5.32 Å². The Morgan fingerprint density at radius 3 is 1.86 bits per heavy atom. The molecule has 1 N–H and O–H groups in total. The zero-order valence-electron chi connectivity index (χ0n) is 16.5. The number of halogens is 2. The molecule has 0 spiro atoms. The smallest absolute Gasteiger partial charge is 0.161 e. The zero-order valence-corrected chi connectivity index (χ0v) is 16.5. The van der Waals surface area contributed by atoms with Crippen molar-refractivity contribution >= 4 is 11.5 Å². The first kappa shape index (κ1) is 18.8. The van der Waals surface area contributed by atoms with Crippen LogP contribution in [0.3, 0.4) is 0 Å². The van der Waals surface area contributed by atoms with Crippen LogP contribution in [0.4, 0.5) is 14.5 Å². The van der Waals surface area contributed by atoms with Gasteiger partial charge in [0, 0.05) is 11.1 Å². The van der Waals surface area contributed by atoms with Crippen molar-refractivity contribution < 1.29 is 13.6 Å². The quantitative estimate of drug-likeness (QED) is 0.672. The SMILES string of the molecule is O=C([C@@H](Cc1ccc(F)cc1)Nc1ccc(F)cc1)C12CC3CC(CC(C3)C1)C2. The molecule has 6 rings (SSSR count). The zero-order chi connectivity index (χ0) is 20.0. The van der Waals surface area contributed by atoms with E-state index >= 15 is 0 Å². The molecule has 0 saturated heterocycles. The lowest BCUT2D eigenvalue weighted by Crippen LogP contribution is -2.54. The Morgan fingerprint density at radius 1 is 0.862 bits per heavy atom. The highest BCUT2D eigenvalue weighted by Crippen LogP contribution is 2.60. The lowest BCUT2D eigenvalue weighted by Gasteiger charge is -2.56. The molecular formula is C25H27F2NO. The van der Waals surface area contributed by atoms with Crippen molar-refractivity contribution in [1.82, 2.24) is 0 Å². The van der Waals surface area contributed by atoms with Crippen LogP contribution in [0.25, 0.3) is 0 Å². The largest absolute Gasteiger partial charge is 0.375 e. The monoisotopic (exact) mass is 395 g/mol. The molecule has 4 aliphatic rings. The number of nitrogens with one attached hydrogen (secondary N) is 1. The van der Waals surface area contributed by atoms with Gasteiger partial charge in [-0.15, -0.1) is 0 Å². The van der Waals surface area contributed by atoms with Gasteiger partial charge in [0.2, 0.25) is 0 Å². The second kappa shape index (κ2) is 7.23. The van der Waals surface area contributed by atoms with Crippen molar-refractivity contribution in [2.45, 2.75) is 51.0 Å². The van der Waals surface area contributed by atoms with E-state index in [0.717, 1.165) is 30.5 Å². The first-order valence-corrected chi connectivity index (χ1v) is 10.8. The fourth-order valence-electron chi connectivity index (χ4n) is 6.59. The van der Waals surface area contributed by atoms with Crippen LogP contribution in [0.5, 0.6) is 0 Å². The van der Waals surface area contributed by atoms with Gasteiger partial charge in [-0.2, -0.15) is 0 Å². The van der Waals surface area contributed by atoms with Crippen LogP contribution < -0.4 is 5.32 Å². The predicted molar refractivity (Wildman–Crippen MR) is 110 cm³/mol. The Kier molecular flexibility index (Phi) is 4.68. The first-order valence-electron chi connectivity index (χ1n) is 10.8. The summed E-state index contributed by atoms with van der Waals surface area (Å²) in [5.41, 5.74) is 1.47. The third-order valence-corrected chi connectivity index (χ3v) is 7.42. The van der Waals surface area contributed by atoms with Gasteiger partial charge in [-0.05, 0) is 105 Å². The number of hydrogen-bond donors (Lipinski definition) is 1. The van der Waals surface area contributed by atoms with Crippen LogP contribution in [0.1, 0.15) is 44.1 Å². The van der Waals surface area contributed by atoms with Gasteiger partial charge in [0.1, 0.15) is 11.6 Å². The maximum Gasteiger partial charge on any atom is 0.161 e. The number of anilines is 1. The van der Waals surface area contributed by atoms with Crippen molar-refractivity contribution in [3.05, 3.63) is 65.7 Å². The number of carbonyl (C=O) groups excluding carboxylic acids is 1. The summed E-state index contributed by atoms with van der Waals surface area (Å²) in [6.07, 6.45) is 7.44. The maximum absolute atomic E-state index is 13.9. The third-order valence-electron chi connectivity index (χ3n) is 7.42. The van der Waals surface area contributed by atoms with Crippen LogP contribution >= 0.6 is 0 Å². The Balaban J connectivity index is 1.43. The fourth-order valence-corrected chi connectivity index (χ4v) is 6.59. The molecule has 4 saturated carbocycles. The van der Waals surface area contributed by atoms with Crippen molar-refractivity contribution in [3.8, 4) is 0 Å². The summed E-state index contributed by atoms with van der Waals surface area (Å²) in [5, 5.41) is 3.38. The number of benzene rings is 2. The van der Waals surface area contributed by atoms with Crippen LogP contribution in [0, 0.1) is 34.8 Å². The minimum absolute atomic E-state index is 0.216. The van der Waals surface area contributed by atoms with Crippen LogP contribution in [0.15, 0.2) is 48.5 Å². The number of carbonyl (C=O) groups is 1. The number of ketones is 1. The van der Waals surface area contributed by atoms with Gasteiger partial charge < -0.3 is 5.32 Å². The molecule has 1 atom stereocenters. The summed E-state index contributed by atoms with van der Waals surface area (Å²) in [4.78, 5) is 13.9. The minimum atomic E-state index is -0.387. The van der Waals surface area contributed by atoms with Crippen LogP contribution in [0.2, 0.25) is 0 Å². The van der Waals surface area contributed by atoms with Gasteiger partial charge in [0.05, 0.1) is 6.04 Å². The molecule has 0 unspecified atom stereocenters. The second-order valence-electron chi connectivity index (χ2n) is 9.60. The molecule has 4 aliphatic carbocycles. The van der Waals surface area contributed by atoms with Crippen LogP contribution in [-0.2, 0) is 11.2 Å².